The van der Waals surface area contributed by atoms with Crippen LogP contribution in [0.4, 0.5) is 5.69 Å². The SMILES string of the molecule is Cc1sc(C(=O)NC(C)c2ccc(S(N)(=O)=O)cc2)cc1[N+](=O)[O-]. The zero-order valence-corrected chi connectivity index (χ0v) is 14.5. The predicted octanol–water partition coefficient (Wildman–Crippen LogP) is 2.10. The number of hydrogen-bond acceptors (Lipinski definition) is 6. The van der Waals surface area contributed by atoms with Crippen LogP contribution in [0.1, 0.15) is 33.1 Å². The van der Waals surface area contributed by atoms with Gasteiger partial charge in [0.25, 0.3) is 11.6 Å². The summed E-state index contributed by atoms with van der Waals surface area (Å²) in [7, 11) is -3.77. The molecule has 2 aromatic rings. The summed E-state index contributed by atoms with van der Waals surface area (Å²) in [5.74, 6) is -0.431. The van der Waals surface area contributed by atoms with Gasteiger partial charge in [0.05, 0.1) is 25.6 Å². The Balaban J connectivity index is 2.14. The molecule has 2 rings (SSSR count). The standard InChI is InChI=1S/C14H15N3O5S2/c1-8(10-3-5-11(6-4-10)24(15,21)22)16-14(18)13-7-12(17(19)20)9(2)23-13/h3-8H,1-2H3,(H,16,18)(H2,15,21,22). The van der Waals surface area contributed by atoms with Gasteiger partial charge < -0.3 is 5.32 Å². The number of nitrogens with zero attached hydrogens (tertiary/aromatic N) is 1. The number of rotatable bonds is 5. The van der Waals surface area contributed by atoms with Gasteiger partial charge >= 0.3 is 0 Å². The number of sulfonamides is 1. The first kappa shape index (κ1) is 18.0. The molecule has 128 valence electrons. The van der Waals surface area contributed by atoms with Gasteiger partial charge in [0.15, 0.2) is 0 Å². The molecule has 0 aliphatic carbocycles. The van der Waals surface area contributed by atoms with Crippen LogP contribution >= 0.6 is 11.3 Å². The Bertz CT molecular complexity index is 888. The Hall–Kier alpha value is -2.30. The molecule has 1 unspecified atom stereocenters. The summed E-state index contributed by atoms with van der Waals surface area (Å²) in [6.45, 7) is 3.30. The molecule has 0 aliphatic rings. The lowest BCUT2D eigenvalue weighted by atomic mass is 10.1. The second-order valence-corrected chi connectivity index (χ2v) is 7.94. The van der Waals surface area contributed by atoms with E-state index >= 15 is 0 Å². The van der Waals surface area contributed by atoms with E-state index in [1.807, 2.05) is 0 Å². The quantitative estimate of drug-likeness (QED) is 0.615. The third-order valence-corrected chi connectivity index (χ3v) is 5.34. The van der Waals surface area contributed by atoms with Crippen LogP contribution in [0.3, 0.4) is 0 Å². The van der Waals surface area contributed by atoms with Gasteiger partial charge in [-0.2, -0.15) is 0 Å². The van der Waals surface area contributed by atoms with Gasteiger partial charge in [-0.3, -0.25) is 14.9 Å². The second-order valence-electron chi connectivity index (χ2n) is 5.12. The van der Waals surface area contributed by atoms with Gasteiger partial charge in [0.1, 0.15) is 0 Å². The van der Waals surface area contributed by atoms with Gasteiger partial charge in [-0.25, -0.2) is 13.6 Å². The van der Waals surface area contributed by atoms with Crippen molar-refractivity contribution in [3.63, 3.8) is 0 Å². The second kappa shape index (κ2) is 6.67. The van der Waals surface area contributed by atoms with E-state index in [2.05, 4.69) is 5.32 Å². The normalized spacial score (nSPS) is 12.6. The Morgan fingerprint density at radius 3 is 2.38 bits per heavy atom. The molecule has 0 aliphatic heterocycles. The van der Waals surface area contributed by atoms with Crippen LogP contribution in [0.15, 0.2) is 35.2 Å². The molecule has 10 heteroatoms. The first-order valence-electron chi connectivity index (χ1n) is 6.78. The van der Waals surface area contributed by atoms with E-state index in [-0.39, 0.29) is 15.5 Å². The molecule has 1 amide bonds. The number of benzene rings is 1. The van der Waals surface area contributed by atoms with Crippen LogP contribution in [0.5, 0.6) is 0 Å². The van der Waals surface area contributed by atoms with Crippen molar-refractivity contribution in [1.29, 1.82) is 0 Å². The number of carbonyl (C=O) groups is 1. The summed E-state index contributed by atoms with van der Waals surface area (Å²) in [5, 5.41) is 18.6. The van der Waals surface area contributed by atoms with E-state index in [0.717, 1.165) is 11.3 Å². The Morgan fingerprint density at radius 2 is 1.92 bits per heavy atom. The minimum Gasteiger partial charge on any atom is -0.345 e. The van der Waals surface area contributed by atoms with Crippen LogP contribution in [0, 0.1) is 17.0 Å². The molecule has 1 aromatic heterocycles. The number of primary sulfonamides is 1. The fraction of sp³-hybridized carbons (Fsp3) is 0.214. The smallest absolute Gasteiger partial charge is 0.283 e. The van der Waals surface area contributed by atoms with Gasteiger partial charge in [0, 0.05) is 6.07 Å². The predicted molar refractivity (Wildman–Crippen MR) is 89.4 cm³/mol. The van der Waals surface area contributed by atoms with Crippen molar-refractivity contribution in [3.8, 4) is 0 Å². The van der Waals surface area contributed by atoms with Gasteiger partial charge in [0.2, 0.25) is 10.0 Å². The highest BCUT2D eigenvalue weighted by molar-refractivity contribution is 7.89. The van der Waals surface area contributed by atoms with Gasteiger partial charge in [-0.1, -0.05) is 12.1 Å². The molecule has 0 bridgehead atoms. The van der Waals surface area contributed by atoms with E-state index in [1.165, 1.54) is 18.2 Å². The zero-order valence-electron chi connectivity index (χ0n) is 12.8. The lowest BCUT2D eigenvalue weighted by Gasteiger charge is -2.14. The Labute approximate surface area is 142 Å². The number of hydrogen-bond donors (Lipinski definition) is 2. The molecular weight excluding hydrogens is 354 g/mol. The van der Waals surface area contributed by atoms with Crippen LogP contribution in [-0.4, -0.2) is 19.2 Å². The molecule has 1 atom stereocenters. The number of amides is 1. The number of aryl methyl sites for hydroxylation is 1. The molecule has 8 nitrogen and oxygen atoms in total. The largest absolute Gasteiger partial charge is 0.345 e. The van der Waals surface area contributed by atoms with E-state index in [1.54, 1.807) is 26.0 Å². The molecule has 3 N–H and O–H groups in total. The van der Waals surface area contributed by atoms with E-state index in [0.29, 0.717) is 10.4 Å². The number of nitrogens with two attached hydrogens (primary N) is 1. The number of nitro groups is 1. The summed E-state index contributed by atoms with van der Waals surface area (Å²) >= 11 is 1.04. The number of thiophene rings is 1. The Kier molecular flexibility index (Phi) is 5.02. The average molecular weight is 369 g/mol. The monoisotopic (exact) mass is 369 g/mol. The minimum absolute atomic E-state index is 0.0192. The van der Waals surface area contributed by atoms with Crippen LogP contribution in [0.25, 0.3) is 0 Å². The van der Waals surface area contributed by atoms with Gasteiger partial charge in [-0.05, 0) is 31.5 Å². The molecule has 0 radical (unpaired) electrons. The van der Waals surface area contributed by atoms with Crippen LogP contribution in [-0.2, 0) is 10.0 Å². The summed E-state index contributed by atoms with van der Waals surface area (Å²) in [6, 6.07) is 6.64. The van der Waals surface area contributed by atoms with Gasteiger partial charge in [-0.15, -0.1) is 11.3 Å². The molecular formula is C14H15N3O5S2. The molecule has 1 aromatic carbocycles. The van der Waals surface area contributed by atoms with Crippen molar-refractivity contribution in [1.82, 2.24) is 5.32 Å². The molecule has 0 saturated carbocycles. The highest BCUT2D eigenvalue weighted by Crippen LogP contribution is 2.28. The highest BCUT2D eigenvalue weighted by atomic mass is 32.2. The van der Waals surface area contributed by atoms with E-state index in [9.17, 15) is 23.3 Å². The fourth-order valence-corrected chi connectivity index (χ4v) is 3.47. The van der Waals surface area contributed by atoms with Crippen molar-refractivity contribution in [2.24, 2.45) is 5.14 Å². The maximum atomic E-state index is 12.2. The molecule has 24 heavy (non-hydrogen) atoms. The fourth-order valence-electron chi connectivity index (χ4n) is 2.06. The lowest BCUT2D eigenvalue weighted by Crippen LogP contribution is -2.26. The maximum absolute atomic E-state index is 12.2. The van der Waals surface area contributed by atoms with E-state index < -0.39 is 26.9 Å². The number of nitrogens with one attached hydrogen (secondary N) is 1. The first-order chi connectivity index (χ1) is 11.1. The highest BCUT2D eigenvalue weighted by Gasteiger charge is 2.21. The average Bonchev–Trinajstić information content (AvgIpc) is 2.88. The molecule has 1 heterocycles. The van der Waals surface area contributed by atoms with E-state index in [4.69, 9.17) is 5.14 Å². The summed E-state index contributed by atoms with van der Waals surface area (Å²) in [4.78, 5) is 23.2. The summed E-state index contributed by atoms with van der Waals surface area (Å²) < 4.78 is 22.4. The van der Waals surface area contributed by atoms with Crippen molar-refractivity contribution in [2.75, 3.05) is 0 Å². The third kappa shape index (κ3) is 3.96. The number of carbonyl (C=O) groups excluding carboxylic acids is 1. The molecule has 0 saturated heterocycles. The van der Waals surface area contributed by atoms with Crippen molar-refractivity contribution in [2.45, 2.75) is 24.8 Å². The molecule has 0 fully saturated rings. The van der Waals surface area contributed by atoms with Crippen molar-refractivity contribution in [3.05, 3.63) is 55.8 Å². The summed E-state index contributed by atoms with van der Waals surface area (Å²) in [6.07, 6.45) is 0. The molecule has 0 spiro atoms. The first-order valence-corrected chi connectivity index (χ1v) is 9.14. The Morgan fingerprint density at radius 1 is 1.33 bits per heavy atom. The van der Waals surface area contributed by atoms with Crippen LogP contribution in [0.2, 0.25) is 0 Å². The lowest BCUT2D eigenvalue weighted by molar-refractivity contribution is -0.385. The topological polar surface area (TPSA) is 132 Å². The van der Waals surface area contributed by atoms with Crippen LogP contribution < -0.4 is 10.5 Å². The summed E-state index contributed by atoms with van der Waals surface area (Å²) in [5.41, 5.74) is 0.592. The van der Waals surface area contributed by atoms with Crippen molar-refractivity contribution < 1.29 is 18.1 Å². The zero-order chi connectivity index (χ0) is 18.1. The third-order valence-electron chi connectivity index (χ3n) is 3.37. The van der Waals surface area contributed by atoms with Crippen molar-refractivity contribution >= 4 is 33.0 Å². The minimum atomic E-state index is -3.77. The maximum Gasteiger partial charge on any atom is 0.283 e.